The molecule has 0 saturated heterocycles. The molecule has 1 amide bonds. The van der Waals surface area contributed by atoms with Crippen LogP contribution in [0.25, 0.3) is 0 Å². The van der Waals surface area contributed by atoms with E-state index in [1.165, 1.54) is 48.5 Å². The monoisotopic (exact) mass is 494 g/mol. The molecule has 0 saturated carbocycles. The normalized spacial score (nSPS) is 11.1. The van der Waals surface area contributed by atoms with Crippen molar-refractivity contribution in [2.45, 2.75) is 11.8 Å². The summed E-state index contributed by atoms with van der Waals surface area (Å²) in [4.78, 5) is 23.5. The number of anilines is 1. The number of nitro groups is 1. The molecular formula is C21H16Cl2N2O6S. The molecule has 0 unspecified atom stereocenters. The lowest BCUT2D eigenvalue weighted by Gasteiger charge is -2.23. The zero-order chi connectivity index (χ0) is 23.5. The maximum Gasteiger partial charge on any atom is 0.273 e. The van der Waals surface area contributed by atoms with Crippen molar-refractivity contribution in [3.8, 4) is 5.75 Å². The Kier molecular flexibility index (Phi) is 7.02. The summed E-state index contributed by atoms with van der Waals surface area (Å²) < 4.78 is 32.8. The van der Waals surface area contributed by atoms with Gasteiger partial charge in [0.1, 0.15) is 5.75 Å². The molecule has 0 aliphatic carbocycles. The van der Waals surface area contributed by atoms with E-state index in [4.69, 9.17) is 27.9 Å². The summed E-state index contributed by atoms with van der Waals surface area (Å²) in [5.74, 6) is -0.495. The third-order valence-corrected chi connectivity index (χ3v) is 6.60. The van der Waals surface area contributed by atoms with Crippen molar-refractivity contribution in [2.24, 2.45) is 0 Å². The first-order valence-electron chi connectivity index (χ1n) is 9.17. The summed E-state index contributed by atoms with van der Waals surface area (Å²) in [7, 11) is -4.39. The van der Waals surface area contributed by atoms with Crippen LogP contribution >= 0.6 is 23.2 Å². The Morgan fingerprint density at radius 1 is 1.03 bits per heavy atom. The SMILES string of the molecule is CCOc1ccc(N(C(=O)c2ccc([N+](=O)[O-])cc2Cl)S(=O)(=O)c2ccc(Cl)cc2)cc1. The second-order valence-corrected chi connectivity index (χ2v) is 9.01. The molecule has 3 aromatic rings. The molecule has 8 nitrogen and oxygen atoms in total. The lowest BCUT2D eigenvalue weighted by Crippen LogP contribution is -2.37. The van der Waals surface area contributed by atoms with Crippen LogP contribution in [0.15, 0.2) is 71.6 Å². The highest BCUT2D eigenvalue weighted by molar-refractivity contribution is 7.93. The van der Waals surface area contributed by atoms with E-state index in [2.05, 4.69) is 0 Å². The molecule has 0 aliphatic rings. The molecule has 0 atom stereocenters. The Morgan fingerprint density at radius 2 is 1.66 bits per heavy atom. The van der Waals surface area contributed by atoms with Crippen LogP contribution in [-0.2, 0) is 10.0 Å². The molecule has 11 heteroatoms. The minimum absolute atomic E-state index is 0.0304. The van der Waals surface area contributed by atoms with Crippen LogP contribution in [0.1, 0.15) is 17.3 Å². The van der Waals surface area contributed by atoms with Crippen LogP contribution in [0, 0.1) is 10.1 Å². The quantitative estimate of drug-likeness (QED) is 0.324. The number of carbonyl (C=O) groups is 1. The van der Waals surface area contributed by atoms with Gasteiger partial charge in [-0.2, -0.15) is 4.31 Å². The number of halogens is 2. The van der Waals surface area contributed by atoms with E-state index in [0.29, 0.717) is 21.7 Å². The van der Waals surface area contributed by atoms with E-state index >= 15 is 0 Å². The van der Waals surface area contributed by atoms with Gasteiger partial charge < -0.3 is 4.74 Å². The first-order chi connectivity index (χ1) is 15.1. The zero-order valence-corrected chi connectivity index (χ0v) is 18.9. The second-order valence-electron chi connectivity index (χ2n) is 6.38. The van der Waals surface area contributed by atoms with Crippen molar-refractivity contribution >= 4 is 50.5 Å². The average molecular weight is 495 g/mol. The fraction of sp³-hybridized carbons (Fsp3) is 0.0952. The molecular weight excluding hydrogens is 479 g/mol. The molecule has 0 aliphatic heterocycles. The third-order valence-electron chi connectivity index (χ3n) is 4.31. The lowest BCUT2D eigenvalue weighted by atomic mass is 10.2. The molecule has 32 heavy (non-hydrogen) atoms. The Morgan fingerprint density at radius 3 is 2.19 bits per heavy atom. The van der Waals surface area contributed by atoms with Crippen molar-refractivity contribution < 1.29 is 22.9 Å². The molecule has 166 valence electrons. The number of hydrogen-bond acceptors (Lipinski definition) is 6. The minimum atomic E-state index is -4.39. The molecule has 0 fully saturated rings. The van der Waals surface area contributed by atoms with Gasteiger partial charge in [0.15, 0.2) is 0 Å². The summed E-state index contributed by atoms with van der Waals surface area (Å²) >= 11 is 12.0. The lowest BCUT2D eigenvalue weighted by molar-refractivity contribution is -0.384. The largest absolute Gasteiger partial charge is 0.494 e. The number of carbonyl (C=O) groups excluding carboxylic acids is 1. The van der Waals surface area contributed by atoms with Gasteiger partial charge in [-0.25, -0.2) is 8.42 Å². The number of rotatable bonds is 7. The van der Waals surface area contributed by atoms with Crippen LogP contribution < -0.4 is 9.04 Å². The highest BCUT2D eigenvalue weighted by Gasteiger charge is 2.33. The summed E-state index contributed by atoms with van der Waals surface area (Å²) in [6.45, 7) is 2.20. The first-order valence-corrected chi connectivity index (χ1v) is 11.4. The van der Waals surface area contributed by atoms with Gasteiger partial charge >= 0.3 is 0 Å². The van der Waals surface area contributed by atoms with Crippen molar-refractivity contribution in [3.63, 3.8) is 0 Å². The summed E-state index contributed by atoms with van der Waals surface area (Å²) in [5, 5.41) is 11.0. The Hall–Kier alpha value is -3.14. The fourth-order valence-electron chi connectivity index (χ4n) is 2.82. The number of hydrogen-bond donors (Lipinski definition) is 0. The molecule has 0 spiro atoms. The number of sulfonamides is 1. The Labute approximate surface area is 194 Å². The fourth-order valence-corrected chi connectivity index (χ4v) is 4.61. The molecule has 0 heterocycles. The molecule has 0 bridgehead atoms. The molecule has 0 radical (unpaired) electrons. The van der Waals surface area contributed by atoms with Crippen molar-refractivity contribution in [3.05, 3.63) is 92.5 Å². The topological polar surface area (TPSA) is 107 Å². The molecule has 3 aromatic carbocycles. The van der Waals surface area contributed by atoms with Crippen molar-refractivity contribution in [1.29, 1.82) is 0 Å². The summed E-state index contributed by atoms with van der Waals surface area (Å²) in [6, 6.07) is 14.3. The van der Waals surface area contributed by atoms with E-state index in [-0.39, 0.29) is 26.9 Å². The number of benzene rings is 3. The zero-order valence-electron chi connectivity index (χ0n) is 16.6. The Balaban J connectivity index is 2.15. The van der Waals surface area contributed by atoms with Gasteiger partial charge in [-0.3, -0.25) is 14.9 Å². The van der Waals surface area contributed by atoms with Crippen LogP contribution in [0.2, 0.25) is 10.0 Å². The van der Waals surface area contributed by atoms with E-state index in [1.807, 2.05) is 0 Å². The van der Waals surface area contributed by atoms with E-state index in [1.54, 1.807) is 6.92 Å². The van der Waals surface area contributed by atoms with Crippen LogP contribution in [-0.4, -0.2) is 25.9 Å². The van der Waals surface area contributed by atoms with Crippen molar-refractivity contribution in [1.82, 2.24) is 0 Å². The standard InChI is InChI=1S/C21H16Cl2N2O6S/c1-2-31-17-8-5-15(6-9-17)24(32(29,30)18-10-3-14(22)4-11-18)21(26)19-12-7-16(25(27)28)13-20(19)23/h3-13H,2H2,1H3. The van der Waals surface area contributed by atoms with E-state index < -0.39 is 20.9 Å². The van der Waals surface area contributed by atoms with Gasteiger partial charge in [0.05, 0.1) is 32.7 Å². The number of nitro benzene ring substituents is 1. The number of ether oxygens (including phenoxy) is 1. The van der Waals surface area contributed by atoms with Gasteiger partial charge in [0.25, 0.3) is 21.6 Å². The highest BCUT2D eigenvalue weighted by atomic mass is 35.5. The smallest absolute Gasteiger partial charge is 0.273 e. The second kappa shape index (κ2) is 9.56. The number of nitrogens with zero attached hydrogens (tertiary/aromatic N) is 2. The molecule has 0 aromatic heterocycles. The van der Waals surface area contributed by atoms with Crippen molar-refractivity contribution in [2.75, 3.05) is 10.9 Å². The predicted molar refractivity (Wildman–Crippen MR) is 121 cm³/mol. The maximum atomic E-state index is 13.4. The van der Waals surface area contributed by atoms with Gasteiger partial charge in [0.2, 0.25) is 0 Å². The van der Waals surface area contributed by atoms with Gasteiger partial charge in [-0.05, 0) is 61.5 Å². The van der Waals surface area contributed by atoms with Crippen LogP contribution in [0.3, 0.4) is 0 Å². The van der Waals surface area contributed by atoms with Gasteiger partial charge in [-0.1, -0.05) is 23.2 Å². The predicted octanol–water partition coefficient (Wildman–Crippen LogP) is 5.34. The van der Waals surface area contributed by atoms with Gasteiger partial charge in [-0.15, -0.1) is 0 Å². The van der Waals surface area contributed by atoms with Crippen LogP contribution in [0.4, 0.5) is 11.4 Å². The average Bonchev–Trinajstić information content (AvgIpc) is 2.75. The third kappa shape index (κ3) is 4.85. The maximum absolute atomic E-state index is 13.4. The highest BCUT2D eigenvalue weighted by Crippen LogP contribution is 2.31. The molecule has 0 N–H and O–H groups in total. The Bertz CT molecular complexity index is 1260. The number of non-ortho nitro benzene ring substituents is 1. The number of amides is 1. The molecule has 3 rings (SSSR count). The van der Waals surface area contributed by atoms with E-state index in [0.717, 1.165) is 18.2 Å². The summed E-state index contributed by atoms with van der Waals surface area (Å²) in [6.07, 6.45) is 0. The summed E-state index contributed by atoms with van der Waals surface area (Å²) in [5.41, 5.74) is -0.522. The van der Waals surface area contributed by atoms with Gasteiger partial charge in [0, 0.05) is 17.2 Å². The first kappa shape index (κ1) is 23.5. The van der Waals surface area contributed by atoms with Crippen LogP contribution in [0.5, 0.6) is 5.75 Å². The van der Waals surface area contributed by atoms with E-state index in [9.17, 15) is 23.3 Å². The minimum Gasteiger partial charge on any atom is -0.494 e.